The van der Waals surface area contributed by atoms with Crippen molar-refractivity contribution in [2.75, 3.05) is 0 Å². The van der Waals surface area contributed by atoms with Gasteiger partial charge in [-0.3, -0.25) is 0 Å². The first-order valence-electron chi connectivity index (χ1n) is 12.9. The molecule has 0 amide bonds. The van der Waals surface area contributed by atoms with Gasteiger partial charge in [-0.1, -0.05) is 97.1 Å². The highest BCUT2D eigenvalue weighted by Crippen LogP contribution is 2.18. The van der Waals surface area contributed by atoms with Crippen LogP contribution in [0.3, 0.4) is 0 Å². The van der Waals surface area contributed by atoms with Crippen molar-refractivity contribution in [2.45, 2.75) is 25.7 Å². The molecule has 0 saturated heterocycles. The van der Waals surface area contributed by atoms with E-state index in [2.05, 4.69) is 26.3 Å². The molecule has 0 unspecified atom stereocenters. The van der Waals surface area contributed by atoms with Gasteiger partial charge in [0, 0.05) is 0 Å². The molecule has 0 aliphatic rings. The fourth-order valence-electron chi connectivity index (χ4n) is 3.36. The molecular formula is C36H44O4S2. The second-order valence-electron chi connectivity index (χ2n) is 8.49. The van der Waals surface area contributed by atoms with Gasteiger partial charge in [0.05, 0.1) is 0 Å². The highest BCUT2D eigenvalue weighted by Gasteiger charge is 1.96. The SMILES string of the molecule is C=CCc1ccccc1O.C=CCc1ccccc1O.C=CCc1ccccc1O.C=CCc1ccccc1O.S.S. The smallest absolute Gasteiger partial charge is 0.119 e. The Morgan fingerprint density at radius 1 is 0.357 bits per heavy atom. The molecule has 0 aliphatic heterocycles. The number of hydrogen-bond acceptors (Lipinski definition) is 4. The van der Waals surface area contributed by atoms with Gasteiger partial charge in [0.25, 0.3) is 0 Å². The standard InChI is InChI=1S/4C9H10O.2H2S/c4*1-2-5-8-6-3-4-7-9(8)10;;/h4*2-4,6-7,10H,1,5H2;2*1H2. The number of benzene rings is 4. The van der Waals surface area contributed by atoms with Crippen LogP contribution in [-0.4, -0.2) is 20.4 Å². The maximum absolute atomic E-state index is 9.19. The molecule has 0 atom stereocenters. The lowest BCUT2D eigenvalue weighted by atomic mass is 10.1. The predicted molar refractivity (Wildman–Crippen MR) is 189 cm³/mol. The highest BCUT2D eigenvalue weighted by molar-refractivity contribution is 7.59. The minimum absolute atomic E-state index is 0. The van der Waals surface area contributed by atoms with Crippen molar-refractivity contribution in [3.05, 3.63) is 170 Å². The van der Waals surface area contributed by atoms with Gasteiger partial charge in [-0.05, 0) is 72.2 Å². The molecule has 4 aromatic rings. The maximum atomic E-state index is 9.19. The summed E-state index contributed by atoms with van der Waals surface area (Å²) in [5.41, 5.74) is 3.71. The molecule has 224 valence electrons. The molecule has 4 rings (SSSR count). The van der Waals surface area contributed by atoms with Crippen molar-refractivity contribution >= 4 is 27.0 Å². The van der Waals surface area contributed by atoms with Crippen molar-refractivity contribution in [1.82, 2.24) is 0 Å². The van der Waals surface area contributed by atoms with Crippen molar-refractivity contribution in [1.29, 1.82) is 0 Å². The summed E-state index contributed by atoms with van der Waals surface area (Å²) in [6, 6.07) is 29.1. The molecule has 0 radical (unpaired) electrons. The topological polar surface area (TPSA) is 80.9 Å². The number of rotatable bonds is 8. The summed E-state index contributed by atoms with van der Waals surface area (Å²) in [6.07, 6.45) is 10.0. The third-order valence-corrected chi connectivity index (χ3v) is 5.42. The van der Waals surface area contributed by atoms with E-state index in [4.69, 9.17) is 0 Å². The third-order valence-electron chi connectivity index (χ3n) is 5.42. The number of hydrogen-bond donors (Lipinski definition) is 4. The van der Waals surface area contributed by atoms with Crippen LogP contribution in [0.5, 0.6) is 23.0 Å². The lowest BCUT2D eigenvalue weighted by Crippen LogP contribution is -1.79. The number of phenols is 4. The molecule has 0 spiro atoms. The van der Waals surface area contributed by atoms with Crippen LogP contribution in [0.25, 0.3) is 0 Å². The molecule has 0 bridgehead atoms. The Hall–Kier alpha value is -4.26. The molecule has 0 aromatic heterocycles. The first kappa shape index (κ1) is 39.9. The molecule has 0 aliphatic carbocycles. The van der Waals surface area contributed by atoms with Crippen LogP contribution in [0.2, 0.25) is 0 Å². The zero-order valence-electron chi connectivity index (χ0n) is 24.0. The van der Waals surface area contributed by atoms with E-state index in [0.29, 0.717) is 23.0 Å². The van der Waals surface area contributed by atoms with Gasteiger partial charge < -0.3 is 20.4 Å². The zero-order valence-corrected chi connectivity index (χ0v) is 26.0. The molecule has 4 N–H and O–H groups in total. The molecule has 4 aromatic carbocycles. The van der Waals surface area contributed by atoms with Crippen LogP contribution >= 0.6 is 27.0 Å². The number of allylic oxidation sites excluding steroid dienone is 4. The Kier molecular flexibility index (Phi) is 23.3. The van der Waals surface area contributed by atoms with Crippen molar-refractivity contribution in [3.8, 4) is 23.0 Å². The van der Waals surface area contributed by atoms with Gasteiger partial charge in [-0.2, -0.15) is 27.0 Å². The van der Waals surface area contributed by atoms with E-state index in [9.17, 15) is 20.4 Å². The summed E-state index contributed by atoms with van der Waals surface area (Å²) in [5, 5.41) is 36.8. The van der Waals surface area contributed by atoms with Gasteiger partial charge in [0.2, 0.25) is 0 Å². The lowest BCUT2D eigenvalue weighted by Gasteiger charge is -1.97. The molecule has 6 heteroatoms. The van der Waals surface area contributed by atoms with Gasteiger partial charge >= 0.3 is 0 Å². The normalized spacial score (nSPS) is 8.76. The Bertz CT molecular complexity index is 1130. The average Bonchev–Trinajstić information content (AvgIpc) is 2.96. The van der Waals surface area contributed by atoms with Crippen molar-refractivity contribution in [2.24, 2.45) is 0 Å². The van der Waals surface area contributed by atoms with E-state index in [1.54, 1.807) is 48.6 Å². The first-order chi connectivity index (χ1) is 19.4. The van der Waals surface area contributed by atoms with Crippen LogP contribution in [0, 0.1) is 0 Å². The molecule has 42 heavy (non-hydrogen) atoms. The van der Waals surface area contributed by atoms with Crippen molar-refractivity contribution < 1.29 is 20.4 Å². The number of para-hydroxylation sites is 4. The predicted octanol–water partition coefficient (Wildman–Crippen LogP) is 8.71. The van der Waals surface area contributed by atoms with E-state index < -0.39 is 0 Å². The lowest BCUT2D eigenvalue weighted by molar-refractivity contribution is 0.469. The summed E-state index contributed by atoms with van der Waals surface area (Å²) in [4.78, 5) is 0. The fourth-order valence-corrected chi connectivity index (χ4v) is 3.36. The van der Waals surface area contributed by atoms with E-state index >= 15 is 0 Å². The molecule has 0 saturated carbocycles. The van der Waals surface area contributed by atoms with Crippen LogP contribution in [0.4, 0.5) is 0 Å². The number of phenolic OH excluding ortho intramolecular Hbond substituents is 4. The van der Waals surface area contributed by atoms with Crippen LogP contribution in [0.1, 0.15) is 22.3 Å². The molecule has 4 nitrogen and oxygen atoms in total. The van der Waals surface area contributed by atoms with E-state index in [1.165, 1.54) is 0 Å². The Morgan fingerprint density at radius 3 is 0.667 bits per heavy atom. The zero-order chi connectivity index (χ0) is 29.6. The van der Waals surface area contributed by atoms with Gasteiger partial charge in [-0.15, -0.1) is 26.3 Å². The Labute approximate surface area is 265 Å². The van der Waals surface area contributed by atoms with Gasteiger partial charge in [-0.25, -0.2) is 0 Å². The number of aromatic hydroxyl groups is 4. The second-order valence-corrected chi connectivity index (χ2v) is 8.49. The van der Waals surface area contributed by atoms with Crippen molar-refractivity contribution in [3.63, 3.8) is 0 Å². The van der Waals surface area contributed by atoms with E-state index in [1.807, 2.05) is 72.8 Å². The molecule has 0 fully saturated rings. The monoisotopic (exact) mass is 604 g/mol. The Balaban J connectivity index is 0. The quantitative estimate of drug-likeness (QED) is 0.152. The average molecular weight is 605 g/mol. The van der Waals surface area contributed by atoms with Crippen LogP contribution < -0.4 is 0 Å². The van der Waals surface area contributed by atoms with E-state index in [-0.39, 0.29) is 27.0 Å². The minimum Gasteiger partial charge on any atom is -0.508 e. The van der Waals surface area contributed by atoms with Gasteiger partial charge in [0.1, 0.15) is 23.0 Å². The van der Waals surface area contributed by atoms with E-state index in [0.717, 1.165) is 47.9 Å². The minimum atomic E-state index is 0. The summed E-state index contributed by atoms with van der Waals surface area (Å²) in [5.74, 6) is 1.40. The third kappa shape index (κ3) is 16.1. The summed E-state index contributed by atoms with van der Waals surface area (Å²) in [7, 11) is 0. The first-order valence-corrected chi connectivity index (χ1v) is 12.9. The molecular weight excluding hydrogens is 561 g/mol. The van der Waals surface area contributed by atoms with Gasteiger partial charge in [0.15, 0.2) is 0 Å². The summed E-state index contributed by atoms with van der Waals surface area (Å²) >= 11 is 0. The van der Waals surface area contributed by atoms with Crippen LogP contribution in [0.15, 0.2) is 148 Å². The van der Waals surface area contributed by atoms with Crippen LogP contribution in [-0.2, 0) is 25.7 Å². The summed E-state index contributed by atoms with van der Waals surface area (Å²) in [6.45, 7) is 14.3. The maximum Gasteiger partial charge on any atom is 0.119 e. The second kappa shape index (κ2) is 24.5. The summed E-state index contributed by atoms with van der Waals surface area (Å²) < 4.78 is 0. The molecule has 0 heterocycles. The largest absolute Gasteiger partial charge is 0.508 e. The highest BCUT2D eigenvalue weighted by atomic mass is 32.1. The fraction of sp³-hybridized carbons (Fsp3) is 0.111. The Morgan fingerprint density at radius 2 is 0.524 bits per heavy atom.